The molecular weight excluding hydrogens is 222 g/mol. The zero-order valence-electron chi connectivity index (χ0n) is 8.20. The minimum atomic E-state index is -0.00297. The van der Waals surface area contributed by atoms with Gasteiger partial charge in [0.1, 0.15) is 0 Å². The minimum Gasteiger partial charge on any atom is -0.473 e. The summed E-state index contributed by atoms with van der Waals surface area (Å²) in [5.41, 5.74) is 0. The Hall–Kier alpha value is -0.400. The Morgan fingerprint density at radius 1 is 1.29 bits per heavy atom. The molecule has 0 aromatic heterocycles. The highest BCUT2D eigenvalue weighted by molar-refractivity contribution is 8.12. The molecule has 4 N–H and O–H groups in total. The molecule has 0 aliphatic carbocycles. The molecule has 0 heterocycles. The van der Waals surface area contributed by atoms with Gasteiger partial charge in [-0.2, -0.15) is 0 Å². The summed E-state index contributed by atoms with van der Waals surface area (Å²) in [6, 6.07) is 0. The van der Waals surface area contributed by atoms with Crippen molar-refractivity contribution >= 4 is 34.2 Å². The molecule has 0 amide bonds. The van der Waals surface area contributed by atoms with E-state index in [9.17, 15) is 0 Å². The quantitative estimate of drug-likeness (QED) is 0.391. The number of hydrogen-bond donors (Lipinski definition) is 3. The number of nitrogens with two attached hydrogens (primary N) is 1. The average molecular weight is 237 g/mol. The number of nitrogens with one attached hydrogen (secondary N) is 2. The van der Waals surface area contributed by atoms with Crippen LogP contribution in [0.2, 0.25) is 0 Å². The van der Waals surface area contributed by atoms with Crippen molar-refractivity contribution in [2.75, 3.05) is 19.5 Å². The van der Waals surface area contributed by atoms with Gasteiger partial charge in [-0.25, -0.2) is 0 Å². The normalized spacial score (nSPS) is 11.9. The summed E-state index contributed by atoms with van der Waals surface area (Å²) in [4.78, 5) is 0. The van der Waals surface area contributed by atoms with E-state index in [2.05, 4.69) is 0 Å². The molecule has 1 unspecified atom stereocenters. The van der Waals surface area contributed by atoms with Crippen LogP contribution in [0.3, 0.4) is 0 Å². The Morgan fingerprint density at radius 2 is 1.79 bits per heavy atom. The molecule has 0 saturated heterocycles. The van der Waals surface area contributed by atoms with Gasteiger partial charge in [-0.15, -0.1) is 0 Å². The highest BCUT2D eigenvalue weighted by atomic mass is 32.2. The van der Waals surface area contributed by atoms with E-state index in [1.165, 1.54) is 11.8 Å². The molecule has 1 atom stereocenters. The van der Waals surface area contributed by atoms with Crippen molar-refractivity contribution in [3.63, 3.8) is 0 Å². The maximum atomic E-state index is 7.22. The van der Waals surface area contributed by atoms with Crippen molar-refractivity contribution in [1.82, 2.24) is 0 Å². The third kappa shape index (κ3) is 7.05. The molecule has 0 aromatic carbocycles. The lowest BCUT2D eigenvalue weighted by atomic mass is 10.2. The zero-order valence-corrected chi connectivity index (χ0v) is 9.83. The highest BCUT2D eigenvalue weighted by Crippen LogP contribution is 2.04. The predicted octanol–water partition coefficient (Wildman–Crippen LogP) is 1.50. The van der Waals surface area contributed by atoms with E-state index >= 15 is 0 Å². The van der Waals surface area contributed by atoms with E-state index in [4.69, 9.17) is 25.4 Å². The fourth-order valence-electron chi connectivity index (χ4n) is 0.577. The van der Waals surface area contributed by atoms with Crippen LogP contribution in [-0.4, -0.2) is 29.9 Å². The van der Waals surface area contributed by atoms with Crippen LogP contribution in [0.1, 0.15) is 6.92 Å². The maximum absolute atomic E-state index is 7.22. The van der Waals surface area contributed by atoms with Crippen LogP contribution < -0.4 is 5.14 Å². The Morgan fingerprint density at radius 3 is 2.21 bits per heavy atom. The van der Waals surface area contributed by atoms with Gasteiger partial charge in [0, 0.05) is 17.9 Å². The first-order valence-electron chi connectivity index (χ1n) is 3.93. The monoisotopic (exact) mass is 237 g/mol. The second-order valence-electron chi connectivity index (χ2n) is 2.62. The summed E-state index contributed by atoms with van der Waals surface area (Å²) in [5, 5.41) is 19.6. The van der Waals surface area contributed by atoms with Crippen LogP contribution >= 0.6 is 23.7 Å². The molecule has 0 saturated carbocycles. The summed E-state index contributed by atoms with van der Waals surface area (Å²) in [6.07, 6.45) is 1.78. The van der Waals surface area contributed by atoms with Gasteiger partial charge in [-0.3, -0.25) is 16.0 Å². The van der Waals surface area contributed by atoms with Gasteiger partial charge in [0.25, 0.3) is 5.23 Å². The third-order valence-corrected chi connectivity index (χ3v) is 2.11. The van der Waals surface area contributed by atoms with E-state index in [0.717, 1.165) is 11.9 Å². The van der Waals surface area contributed by atoms with Crippen LogP contribution in [0.4, 0.5) is 0 Å². The summed E-state index contributed by atoms with van der Waals surface area (Å²) >= 11 is 2.02. The van der Waals surface area contributed by atoms with Gasteiger partial charge in [-0.1, -0.05) is 18.7 Å². The Labute approximate surface area is 92.2 Å². The van der Waals surface area contributed by atoms with Gasteiger partial charge >= 0.3 is 0 Å². The van der Waals surface area contributed by atoms with E-state index in [1.807, 2.05) is 6.92 Å². The SMILES string of the molecule is CSC(=N)OCC(C)COC(=N)SN. The lowest BCUT2D eigenvalue weighted by Crippen LogP contribution is -2.16. The molecule has 14 heavy (non-hydrogen) atoms. The highest BCUT2D eigenvalue weighted by Gasteiger charge is 2.06. The fraction of sp³-hybridized carbons (Fsp3) is 0.714. The molecule has 0 aliphatic rings. The Balaban J connectivity index is 3.50. The molecule has 7 heteroatoms. The van der Waals surface area contributed by atoms with E-state index in [-0.39, 0.29) is 16.4 Å². The van der Waals surface area contributed by atoms with Crippen LogP contribution in [0, 0.1) is 16.7 Å². The fourth-order valence-corrected chi connectivity index (χ4v) is 0.899. The van der Waals surface area contributed by atoms with Crippen molar-refractivity contribution in [3.05, 3.63) is 0 Å². The Bertz CT molecular complexity index is 181. The van der Waals surface area contributed by atoms with Gasteiger partial charge in [-0.05, 0) is 6.26 Å². The Kier molecular flexibility index (Phi) is 7.73. The second-order valence-corrected chi connectivity index (χ2v) is 4.01. The summed E-state index contributed by atoms with van der Waals surface area (Å²) in [6.45, 7) is 2.72. The van der Waals surface area contributed by atoms with Gasteiger partial charge in [0.2, 0.25) is 5.23 Å². The first-order chi connectivity index (χ1) is 6.60. The predicted molar refractivity (Wildman–Crippen MR) is 61.8 cm³/mol. The van der Waals surface area contributed by atoms with Crippen molar-refractivity contribution in [1.29, 1.82) is 10.8 Å². The number of hydrogen-bond acceptors (Lipinski definition) is 7. The third-order valence-electron chi connectivity index (χ3n) is 1.29. The van der Waals surface area contributed by atoms with E-state index < -0.39 is 0 Å². The van der Waals surface area contributed by atoms with Crippen molar-refractivity contribution in [2.24, 2.45) is 11.1 Å². The van der Waals surface area contributed by atoms with Crippen molar-refractivity contribution in [3.8, 4) is 0 Å². The molecular formula is C7H15N3O2S2. The standard InChI is InChI=1S/C7H15N3O2S2/c1-5(3-11-6(8)13-2)4-12-7(9)14-10/h5,8-9H,3-4,10H2,1-2H3. The van der Waals surface area contributed by atoms with Gasteiger partial charge in [0.05, 0.1) is 13.2 Å². The number of thioether (sulfide) groups is 1. The number of ether oxygens (including phenoxy) is 2. The van der Waals surface area contributed by atoms with E-state index in [0.29, 0.717) is 13.2 Å². The maximum Gasteiger partial charge on any atom is 0.258 e. The topological polar surface area (TPSA) is 92.2 Å². The molecule has 0 fully saturated rings. The lowest BCUT2D eigenvalue weighted by molar-refractivity contribution is 0.180. The van der Waals surface area contributed by atoms with Crippen LogP contribution in [0.15, 0.2) is 0 Å². The largest absolute Gasteiger partial charge is 0.473 e. The zero-order chi connectivity index (χ0) is 11.0. The summed E-state index contributed by atoms with van der Waals surface area (Å²) in [7, 11) is 0. The summed E-state index contributed by atoms with van der Waals surface area (Å²) in [5.74, 6) is 0.134. The molecule has 0 aliphatic heterocycles. The minimum absolute atomic E-state index is 0.00297. The number of rotatable bonds is 4. The summed E-state index contributed by atoms with van der Waals surface area (Å²) < 4.78 is 10.1. The molecule has 0 aromatic rings. The molecule has 5 nitrogen and oxygen atoms in total. The van der Waals surface area contributed by atoms with Crippen LogP contribution in [0.5, 0.6) is 0 Å². The first kappa shape index (κ1) is 13.6. The van der Waals surface area contributed by atoms with Crippen molar-refractivity contribution < 1.29 is 9.47 Å². The van der Waals surface area contributed by atoms with Crippen LogP contribution in [-0.2, 0) is 9.47 Å². The smallest absolute Gasteiger partial charge is 0.258 e. The second kappa shape index (κ2) is 7.95. The molecule has 0 rings (SSSR count). The molecule has 0 spiro atoms. The average Bonchev–Trinajstić information content (AvgIpc) is 2.22. The molecule has 0 bridgehead atoms. The van der Waals surface area contributed by atoms with Gasteiger partial charge in [0.15, 0.2) is 0 Å². The van der Waals surface area contributed by atoms with Crippen LogP contribution in [0.25, 0.3) is 0 Å². The van der Waals surface area contributed by atoms with Crippen molar-refractivity contribution in [2.45, 2.75) is 6.92 Å². The van der Waals surface area contributed by atoms with Gasteiger partial charge < -0.3 is 9.47 Å². The lowest BCUT2D eigenvalue weighted by Gasteiger charge is -2.12. The first-order valence-corrected chi connectivity index (χ1v) is 6.04. The van der Waals surface area contributed by atoms with E-state index in [1.54, 1.807) is 6.26 Å². The molecule has 82 valence electrons. The molecule has 0 radical (unpaired) electrons.